The Kier molecular flexibility index (Phi) is 6.32. The predicted octanol–water partition coefficient (Wildman–Crippen LogP) is 2.94. The van der Waals surface area contributed by atoms with Gasteiger partial charge in [-0.2, -0.15) is 0 Å². The number of likely N-dealkylation sites (tertiary alicyclic amines) is 2. The van der Waals surface area contributed by atoms with Gasteiger partial charge in [-0.3, -0.25) is 9.69 Å². The number of carbonyl (C=O) groups is 1. The third-order valence-corrected chi connectivity index (χ3v) is 7.47. The smallest absolute Gasteiger partial charge is 0.289 e. The van der Waals surface area contributed by atoms with E-state index in [4.69, 9.17) is 9.15 Å². The van der Waals surface area contributed by atoms with Crippen molar-refractivity contribution in [3.8, 4) is 0 Å². The van der Waals surface area contributed by atoms with Crippen molar-refractivity contribution in [3.05, 3.63) is 23.7 Å². The molecule has 1 aromatic rings. The molecule has 0 unspecified atom stereocenters. The van der Waals surface area contributed by atoms with Crippen LogP contribution in [0.3, 0.4) is 0 Å². The molecule has 0 N–H and O–H groups in total. The van der Waals surface area contributed by atoms with Crippen LogP contribution in [0.5, 0.6) is 0 Å². The van der Waals surface area contributed by atoms with Crippen LogP contribution in [0.4, 0.5) is 0 Å². The van der Waals surface area contributed by atoms with E-state index in [1.807, 2.05) is 24.1 Å². The van der Waals surface area contributed by atoms with Gasteiger partial charge >= 0.3 is 0 Å². The summed E-state index contributed by atoms with van der Waals surface area (Å²) in [5.74, 6) is 3.37. The zero-order valence-corrected chi connectivity index (χ0v) is 18.5. The molecule has 6 nitrogen and oxygen atoms in total. The minimum absolute atomic E-state index is 0.0493. The van der Waals surface area contributed by atoms with Crippen molar-refractivity contribution in [2.24, 2.45) is 17.8 Å². The lowest BCUT2D eigenvalue weighted by atomic mass is 9.77. The van der Waals surface area contributed by atoms with E-state index >= 15 is 0 Å². The molecule has 2 saturated heterocycles. The fraction of sp³-hybridized carbons (Fsp3) is 0.783. The minimum Gasteiger partial charge on any atom is -0.455 e. The highest BCUT2D eigenvalue weighted by Gasteiger charge is 2.44. The van der Waals surface area contributed by atoms with Gasteiger partial charge < -0.3 is 19.0 Å². The Morgan fingerprint density at radius 3 is 2.52 bits per heavy atom. The standard InChI is InChI=1S/C23H37N3O3/c1-16-7-9-25(10-8-16)15-19-5-6-21(29-19)23(27)26-13-17-11-20(24(2)3)22(28-4)12-18(17)14-26/h5-6,16-18,20,22H,7-15H2,1-4H3/t17-,18+,20-,22-/m1/s1. The van der Waals surface area contributed by atoms with E-state index in [9.17, 15) is 4.79 Å². The first-order chi connectivity index (χ1) is 13.9. The first-order valence-corrected chi connectivity index (χ1v) is 11.2. The third kappa shape index (κ3) is 4.54. The fourth-order valence-corrected chi connectivity index (χ4v) is 5.53. The summed E-state index contributed by atoms with van der Waals surface area (Å²) in [6, 6.07) is 4.28. The van der Waals surface area contributed by atoms with Crippen molar-refractivity contribution in [2.75, 3.05) is 47.4 Å². The van der Waals surface area contributed by atoms with Gasteiger partial charge in [-0.25, -0.2) is 0 Å². The van der Waals surface area contributed by atoms with Crippen molar-refractivity contribution in [1.29, 1.82) is 0 Å². The van der Waals surface area contributed by atoms with Gasteiger partial charge in [0.25, 0.3) is 5.91 Å². The number of likely N-dealkylation sites (N-methyl/N-ethyl adjacent to an activating group) is 1. The topological polar surface area (TPSA) is 49.2 Å². The SMILES string of the molecule is CO[C@@H]1C[C@H]2CN(C(=O)c3ccc(CN4CCC(C)CC4)o3)C[C@H]2C[C@H]1N(C)C. The number of rotatable bonds is 5. The van der Waals surface area contributed by atoms with Crippen LogP contribution in [-0.2, 0) is 11.3 Å². The number of ether oxygens (including phenoxy) is 1. The largest absolute Gasteiger partial charge is 0.455 e. The first kappa shape index (κ1) is 20.9. The van der Waals surface area contributed by atoms with Crippen LogP contribution in [0.2, 0.25) is 0 Å². The summed E-state index contributed by atoms with van der Waals surface area (Å²) >= 11 is 0. The van der Waals surface area contributed by atoms with Gasteiger partial charge in [0.05, 0.1) is 12.6 Å². The third-order valence-electron chi connectivity index (χ3n) is 7.47. The maximum Gasteiger partial charge on any atom is 0.289 e. The molecule has 1 saturated carbocycles. The van der Waals surface area contributed by atoms with Gasteiger partial charge in [-0.05, 0) is 82.8 Å². The Morgan fingerprint density at radius 1 is 1.17 bits per heavy atom. The highest BCUT2D eigenvalue weighted by molar-refractivity contribution is 5.91. The van der Waals surface area contributed by atoms with Crippen LogP contribution in [0.15, 0.2) is 16.5 Å². The van der Waals surface area contributed by atoms with E-state index in [0.29, 0.717) is 23.6 Å². The van der Waals surface area contributed by atoms with Crippen LogP contribution in [0, 0.1) is 17.8 Å². The lowest BCUT2D eigenvalue weighted by molar-refractivity contribution is -0.0209. The van der Waals surface area contributed by atoms with E-state index in [1.54, 1.807) is 0 Å². The molecular formula is C23H37N3O3. The molecule has 0 spiro atoms. The predicted molar refractivity (Wildman–Crippen MR) is 113 cm³/mol. The summed E-state index contributed by atoms with van der Waals surface area (Å²) in [5, 5.41) is 0. The van der Waals surface area contributed by atoms with E-state index in [2.05, 4.69) is 30.8 Å². The molecular weight excluding hydrogens is 366 g/mol. The first-order valence-electron chi connectivity index (χ1n) is 11.2. The van der Waals surface area contributed by atoms with E-state index in [-0.39, 0.29) is 12.0 Å². The molecule has 4 rings (SSSR count). The Hall–Kier alpha value is -1.37. The Bertz CT molecular complexity index is 695. The summed E-state index contributed by atoms with van der Waals surface area (Å²) in [7, 11) is 6.07. The second-order valence-electron chi connectivity index (χ2n) is 9.73. The van der Waals surface area contributed by atoms with Gasteiger partial charge in [0.15, 0.2) is 5.76 Å². The minimum atomic E-state index is 0.0493. The molecule has 6 heteroatoms. The fourth-order valence-electron chi connectivity index (χ4n) is 5.53. The van der Waals surface area contributed by atoms with Crippen LogP contribution >= 0.6 is 0 Å². The highest BCUT2D eigenvalue weighted by atomic mass is 16.5. The van der Waals surface area contributed by atoms with E-state index in [1.165, 1.54) is 12.8 Å². The number of hydrogen-bond acceptors (Lipinski definition) is 5. The van der Waals surface area contributed by atoms with E-state index in [0.717, 1.165) is 57.2 Å². The lowest BCUT2D eigenvalue weighted by Gasteiger charge is -2.40. The monoisotopic (exact) mass is 403 g/mol. The summed E-state index contributed by atoms with van der Waals surface area (Å²) < 4.78 is 11.7. The summed E-state index contributed by atoms with van der Waals surface area (Å²) in [6.45, 7) is 7.03. The average molecular weight is 404 g/mol. The second kappa shape index (κ2) is 8.78. The van der Waals surface area contributed by atoms with Crippen molar-refractivity contribution < 1.29 is 13.9 Å². The molecule has 1 aromatic heterocycles. The van der Waals surface area contributed by atoms with Gasteiger partial charge in [-0.1, -0.05) is 6.92 Å². The highest BCUT2D eigenvalue weighted by Crippen LogP contribution is 2.39. The second-order valence-corrected chi connectivity index (χ2v) is 9.73. The van der Waals surface area contributed by atoms with Crippen molar-refractivity contribution in [1.82, 2.24) is 14.7 Å². The zero-order valence-electron chi connectivity index (χ0n) is 18.5. The van der Waals surface area contributed by atoms with Gasteiger partial charge in [0, 0.05) is 26.2 Å². The molecule has 162 valence electrons. The number of hydrogen-bond donors (Lipinski definition) is 0. The number of amides is 1. The normalized spacial score (nSPS) is 31.4. The molecule has 3 aliphatic rings. The molecule has 29 heavy (non-hydrogen) atoms. The number of carbonyl (C=O) groups excluding carboxylic acids is 1. The Balaban J connectivity index is 1.35. The molecule has 1 amide bonds. The van der Waals surface area contributed by atoms with Crippen molar-refractivity contribution in [2.45, 2.75) is 51.3 Å². The molecule has 1 aliphatic carbocycles. The van der Waals surface area contributed by atoms with Gasteiger partial charge in [0.1, 0.15) is 5.76 Å². The van der Waals surface area contributed by atoms with Crippen LogP contribution in [-0.4, -0.2) is 80.1 Å². The lowest BCUT2D eigenvalue weighted by Crippen LogP contribution is -2.47. The quantitative estimate of drug-likeness (QED) is 0.757. The number of methoxy groups -OCH3 is 1. The maximum absolute atomic E-state index is 13.1. The summed E-state index contributed by atoms with van der Waals surface area (Å²) in [6.07, 6.45) is 4.88. The number of piperidine rings is 1. The average Bonchev–Trinajstić information content (AvgIpc) is 3.34. The number of furan rings is 1. The van der Waals surface area contributed by atoms with E-state index < -0.39 is 0 Å². The molecule has 0 radical (unpaired) electrons. The zero-order chi connectivity index (χ0) is 20.5. The molecule has 0 bridgehead atoms. The summed E-state index contributed by atoms with van der Waals surface area (Å²) in [5.41, 5.74) is 0. The Morgan fingerprint density at radius 2 is 1.86 bits per heavy atom. The summed E-state index contributed by atoms with van der Waals surface area (Å²) in [4.78, 5) is 19.8. The molecule has 3 heterocycles. The van der Waals surface area contributed by atoms with Crippen LogP contribution < -0.4 is 0 Å². The van der Waals surface area contributed by atoms with Crippen LogP contribution in [0.1, 0.15) is 48.9 Å². The molecule has 4 atom stereocenters. The molecule has 2 aliphatic heterocycles. The van der Waals surface area contributed by atoms with Crippen molar-refractivity contribution in [3.63, 3.8) is 0 Å². The van der Waals surface area contributed by atoms with Crippen molar-refractivity contribution >= 4 is 5.91 Å². The van der Waals surface area contributed by atoms with Gasteiger partial charge in [-0.15, -0.1) is 0 Å². The number of fused-ring (bicyclic) bond motifs is 1. The molecule has 0 aromatic carbocycles. The van der Waals surface area contributed by atoms with Crippen LogP contribution in [0.25, 0.3) is 0 Å². The van der Waals surface area contributed by atoms with Gasteiger partial charge in [0.2, 0.25) is 0 Å². The molecule has 3 fully saturated rings. The number of nitrogens with zero attached hydrogens (tertiary/aromatic N) is 3. The maximum atomic E-state index is 13.1. The Labute approximate surface area is 175 Å².